The standard InChI is InChI=1S/C15H18N4OS/c1-6-7-16-15(20)11-8-17-14-12(10(4)18-19(14)5)13(11)21-9(2)3/h1,8-9H,7H2,2-5H3,(H,16,20). The molecule has 0 saturated carbocycles. The summed E-state index contributed by atoms with van der Waals surface area (Å²) >= 11 is 1.64. The molecule has 0 bridgehead atoms. The summed E-state index contributed by atoms with van der Waals surface area (Å²) in [5.74, 6) is 2.21. The molecule has 0 aliphatic carbocycles. The number of nitrogens with zero attached hydrogens (tertiary/aromatic N) is 3. The predicted octanol–water partition coefficient (Wildman–Crippen LogP) is 2.14. The molecule has 110 valence electrons. The maximum Gasteiger partial charge on any atom is 0.254 e. The third kappa shape index (κ3) is 3.03. The first-order valence-corrected chi connectivity index (χ1v) is 7.54. The number of hydrogen-bond acceptors (Lipinski definition) is 4. The minimum absolute atomic E-state index is 0.200. The number of rotatable bonds is 4. The number of aromatic nitrogens is 3. The summed E-state index contributed by atoms with van der Waals surface area (Å²) in [5.41, 5.74) is 2.20. The number of aryl methyl sites for hydroxylation is 2. The highest BCUT2D eigenvalue weighted by molar-refractivity contribution is 8.00. The second-order valence-electron chi connectivity index (χ2n) is 4.96. The van der Waals surface area contributed by atoms with Gasteiger partial charge in [0.2, 0.25) is 0 Å². The lowest BCUT2D eigenvalue weighted by molar-refractivity contribution is 0.0955. The van der Waals surface area contributed by atoms with Crippen LogP contribution in [0.3, 0.4) is 0 Å². The highest BCUT2D eigenvalue weighted by Gasteiger charge is 2.20. The minimum atomic E-state index is -0.200. The fraction of sp³-hybridized carbons (Fsp3) is 0.400. The molecule has 2 rings (SSSR count). The predicted molar refractivity (Wildman–Crippen MR) is 85.4 cm³/mol. The molecule has 0 saturated heterocycles. The summed E-state index contributed by atoms with van der Waals surface area (Å²) in [4.78, 5) is 17.6. The lowest BCUT2D eigenvalue weighted by Gasteiger charge is -2.12. The number of terminal acetylenes is 1. The summed E-state index contributed by atoms with van der Waals surface area (Å²) in [6.07, 6.45) is 6.79. The first-order valence-electron chi connectivity index (χ1n) is 6.66. The molecule has 21 heavy (non-hydrogen) atoms. The van der Waals surface area contributed by atoms with Crippen LogP contribution in [0.25, 0.3) is 11.0 Å². The Labute approximate surface area is 128 Å². The summed E-state index contributed by atoms with van der Waals surface area (Å²) in [7, 11) is 1.85. The van der Waals surface area contributed by atoms with Crippen LogP contribution in [0, 0.1) is 19.3 Å². The number of nitrogens with one attached hydrogen (secondary N) is 1. The molecule has 2 heterocycles. The average Bonchev–Trinajstić information content (AvgIpc) is 2.71. The summed E-state index contributed by atoms with van der Waals surface area (Å²) in [6, 6.07) is 0. The number of amides is 1. The Bertz CT molecular complexity index is 727. The van der Waals surface area contributed by atoms with E-state index >= 15 is 0 Å². The highest BCUT2D eigenvalue weighted by Crippen LogP contribution is 2.34. The SMILES string of the molecule is C#CCNC(=O)c1cnc2c(c(C)nn2C)c1SC(C)C. The second kappa shape index (κ2) is 6.19. The molecule has 0 radical (unpaired) electrons. The number of fused-ring (bicyclic) bond motifs is 1. The Hall–Kier alpha value is -2.00. The highest BCUT2D eigenvalue weighted by atomic mass is 32.2. The number of thioether (sulfide) groups is 1. The van der Waals surface area contributed by atoms with Crippen LogP contribution in [0.2, 0.25) is 0 Å². The van der Waals surface area contributed by atoms with Crippen LogP contribution in [-0.2, 0) is 7.05 Å². The zero-order valence-corrected chi connectivity index (χ0v) is 13.4. The van der Waals surface area contributed by atoms with Gasteiger partial charge in [0.15, 0.2) is 5.65 Å². The normalized spacial score (nSPS) is 10.9. The summed E-state index contributed by atoms with van der Waals surface area (Å²) in [6.45, 7) is 6.31. The van der Waals surface area contributed by atoms with E-state index in [1.165, 1.54) is 0 Å². The number of carbonyl (C=O) groups excluding carboxylic acids is 1. The van der Waals surface area contributed by atoms with Gasteiger partial charge < -0.3 is 5.32 Å². The van der Waals surface area contributed by atoms with E-state index in [9.17, 15) is 4.79 Å². The zero-order chi connectivity index (χ0) is 15.6. The zero-order valence-electron chi connectivity index (χ0n) is 12.6. The van der Waals surface area contributed by atoms with Crippen LogP contribution in [-0.4, -0.2) is 32.5 Å². The smallest absolute Gasteiger partial charge is 0.254 e. The molecule has 1 amide bonds. The Kier molecular flexibility index (Phi) is 4.53. The van der Waals surface area contributed by atoms with E-state index in [-0.39, 0.29) is 12.5 Å². The number of pyridine rings is 1. The van der Waals surface area contributed by atoms with Crippen molar-refractivity contribution in [1.82, 2.24) is 20.1 Å². The van der Waals surface area contributed by atoms with Crippen LogP contribution in [0.4, 0.5) is 0 Å². The van der Waals surface area contributed by atoms with E-state index in [1.807, 2.05) is 14.0 Å². The molecule has 0 fully saturated rings. The molecule has 0 aliphatic heterocycles. The van der Waals surface area contributed by atoms with Crippen molar-refractivity contribution in [2.75, 3.05) is 6.54 Å². The van der Waals surface area contributed by atoms with Gasteiger partial charge in [0.05, 0.1) is 23.2 Å². The van der Waals surface area contributed by atoms with Gasteiger partial charge in [0, 0.05) is 23.4 Å². The number of hydrogen-bond donors (Lipinski definition) is 1. The van der Waals surface area contributed by atoms with Crippen molar-refractivity contribution >= 4 is 28.7 Å². The van der Waals surface area contributed by atoms with Crippen molar-refractivity contribution in [2.24, 2.45) is 7.05 Å². The van der Waals surface area contributed by atoms with Gasteiger partial charge >= 0.3 is 0 Å². The molecule has 5 nitrogen and oxygen atoms in total. The van der Waals surface area contributed by atoms with Gasteiger partial charge in [-0.3, -0.25) is 9.48 Å². The lowest BCUT2D eigenvalue weighted by atomic mass is 10.2. The maximum absolute atomic E-state index is 12.3. The average molecular weight is 302 g/mol. The van der Waals surface area contributed by atoms with Gasteiger partial charge in [0.25, 0.3) is 5.91 Å². The van der Waals surface area contributed by atoms with Crippen LogP contribution in [0.5, 0.6) is 0 Å². The summed E-state index contributed by atoms with van der Waals surface area (Å²) in [5, 5.41) is 8.37. The first kappa shape index (κ1) is 15.4. The van der Waals surface area contributed by atoms with Crippen molar-refractivity contribution in [1.29, 1.82) is 0 Å². The fourth-order valence-corrected chi connectivity index (χ4v) is 3.23. The largest absolute Gasteiger partial charge is 0.341 e. The summed E-state index contributed by atoms with van der Waals surface area (Å²) < 4.78 is 1.73. The monoisotopic (exact) mass is 302 g/mol. The molecule has 1 N–H and O–H groups in total. The van der Waals surface area contributed by atoms with Crippen molar-refractivity contribution in [3.63, 3.8) is 0 Å². The second-order valence-corrected chi connectivity index (χ2v) is 6.55. The van der Waals surface area contributed by atoms with Gasteiger partial charge in [-0.1, -0.05) is 19.8 Å². The van der Waals surface area contributed by atoms with Crippen LogP contribution >= 0.6 is 11.8 Å². The van der Waals surface area contributed by atoms with Gasteiger partial charge in [-0.15, -0.1) is 18.2 Å². The fourth-order valence-electron chi connectivity index (χ4n) is 2.13. The topological polar surface area (TPSA) is 59.8 Å². The molecular weight excluding hydrogens is 284 g/mol. The quantitative estimate of drug-likeness (QED) is 0.694. The molecular formula is C15H18N4OS. The van der Waals surface area contributed by atoms with Crippen LogP contribution < -0.4 is 5.32 Å². The Morgan fingerprint density at radius 3 is 2.90 bits per heavy atom. The Balaban J connectivity index is 2.62. The van der Waals surface area contributed by atoms with Gasteiger partial charge in [0.1, 0.15) is 0 Å². The molecule has 0 atom stereocenters. The van der Waals surface area contributed by atoms with Gasteiger partial charge in [-0.25, -0.2) is 4.98 Å². The van der Waals surface area contributed by atoms with Crippen LogP contribution in [0.15, 0.2) is 11.1 Å². The van der Waals surface area contributed by atoms with Crippen LogP contribution in [0.1, 0.15) is 29.9 Å². The Morgan fingerprint density at radius 1 is 1.57 bits per heavy atom. The molecule has 0 unspecified atom stereocenters. The van der Waals surface area contributed by atoms with Crippen molar-refractivity contribution in [3.8, 4) is 12.3 Å². The van der Waals surface area contributed by atoms with Crippen molar-refractivity contribution < 1.29 is 4.79 Å². The third-order valence-corrected chi connectivity index (χ3v) is 4.06. The van der Waals surface area contributed by atoms with Crippen molar-refractivity contribution in [3.05, 3.63) is 17.5 Å². The van der Waals surface area contributed by atoms with E-state index in [0.29, 0.717) is 10.8 Å². The molecule has 6 heteroatoms. The first-order chi connectivity index (χ1) is 9.95. The van der Waals surface area contributed by atoms with Gasteiger partial charge in [-0.2, -0.15) is 5.10 Å². The molecule has 0 spiro atoms. The molecule has 2 aromatic heterocycles. The van der Waals surface area contributed by atoms with E-state index in [2.05, 4.69) is 35.2 Å². The molecule has 2 aromatic rings. The van der Waals surface area contributed by atoms with E-state index < -0.39 is 0 Å². The third-order valence-electron chi connectivity index (χ3n) is 2.93. The van der Waals surface area contributed by atoms with E-state index in [0.717, 1.165) is 21.6 Å². The number of carbonyl (C=O) groups is 1. The molecule has 0 aliphatic rings. The van der Waals surface area contributed by atoms with E-state index in [1.54, 1.807) is 22.6 Å². The van der Waals surface area contributed by atoms with E-state index in [4.69, 9.17) is 6.42 Å². The minimum Gasteiger partial charge on any atom is -0.341 e. The lowest BCUT2D eigenvalue weighted by Crippen LogP contribution is -2.24. The van der Waals surface area contributed by atoms with Gasteiger partial charge in [-0.05, 0) is 6.92 Å². The Morgan fingerprint density at radius 2 is 2.29 bits per heavy atom. The molecule has 0 aromatic carbocycles. The maximum atomic E-state index is 12.3. The van der Waals surface area contributed by atoms with Crippen molar-refractivity contribution in [2.45, 2.75) is 30.9 Å².